The molecule has 0 aliphatic rings. The monoisotopic (exact) mass is 364 g/mol. The highest BCUT2D eigenvalue weighted by Crippen LogP contribution is 2.25. The molecular formula is C16H14Cl2N4O2. The van der Waals surface area contributed by atoms with Gasteiger partial charge in [-0.15, -0.1) is 0 Å². The van der Waals surface area contributed by atoms with Crippen molar-refractivity contribution >= 4 is 46.0 Å². The van der Waals surface area contributed by atoms with Crippen LogP contribution in [0.4, 0.5) is 10.5 Å². The molecular weight excluding hydrogens is 351 g/mol. The van der Waals surface area contributed by atoms with Crippen molar-refractivity contribution in [2.24, 2.45) is 0 Å². The van der Waals surface area contributed by atoms with E-state index in [9.17, 15) is 9.59 Å². The number of hydrogen-bond donors (Lipinski definition) is 4. The van der Waals surface area contributed by atoms with Crippen LogP contribution in [0.1, 0.15) is 18.5 Å². The summed E-state index contributed by atoms with van der Waals surface area (Å²) in [6, 6.07) is 9.67. The summed E-state index contributed by atoms with van der Waals surface area (Å²) in [5.74, 6) is 0. The van der Waals surface area contributed by atoms with Gasteiger partial charge in [0.15, 0.2) is 0 Å². The van der Waals surface area contributed by atoms with E-state index in [4.69, 9.17) is 23.2 Å². The second-order valence-electron chi connectivity index (χ2n) is 5.33. The Kier molecular flexibility index (Phi) is 4.51. The molecule has 1 unspecified atom stereocenters. The summed E-state index contributed by atoms with van der Waals surface area (Å²) in [4.78, 5) is 28.8. The van der Waals surface area contributed by atoms with Crippen LogP contribution in [-0.4, -0.2) is 16.0 Å². The normalized spacial score (nSPS) is 12.1. The molecule has 0 fully saturated rings. The molecule has 2 aromatic carbocycles. The van der Waals surface area contributed by atoms with Crippen molar-refractivity contribution in [1.82, 2.24) is 15.3 Å². The zero-order chi connectivity index (χ0) is 17.3. The fourth-order valence-corrected chi connectivity index (χ4v) is 2.64. The van der Waals surface area contributed by atoms with E-state index in [0.717, 1.165) is 11.1 Å². The summed E-state index contributed by atoms with van der Waals surface area (Å²) >= 11 is 11.8. The fraction of sp³-hybridized carbons (Fsp3) is 0.125. The highest BCUT2D eigenvalue weighted by molar-refractivity contribution is 6.42. The van der Waals surface area contributed by atoms with Crippen LogP contribution in [0.3, 0.4) is 0 Å². The number of hydrogen-bond acceptors (Lipinski definition) is 2. The highest BCUT2D eigenvalue weighted by atomic mass is 35.5. The Hall–Kier alpha value is -2.44. The number of H-pyrrole nitrogens is 2. The van der Waals surface area contributed by atoms with E-state index in [0.29, 0.717) is 21.2 Å². The van der Waals surface area contributed by atoms with Gasteiger partial charge in [-0.25, -0.2) is 9.59 Å². The van der Waals surface area contributed by atoms with Crippen LogP contribution in [0.5, 0.6) is 0 Å². The third-order valence-electron chi connectivity index (χ3n) is 3.57. The highest BCUT2D eigenvalue weighted by Gasteiger charge is 2.11. The molecule has 0 saturated heterocycles. The average Bonchev–Trinajstić information content (AvgIpc) is 2.89. The molecule has 1 heterocycles. The summed E-state index contributed by atoms with van der Waals surface area (Å²) in [6.45, 7) is 1.85. The number of urea groups is 1. The number of anilines is 1. The van der Waals surface area contributed by atoms with E-state index < -0.39 is 0 Å². The van der Waals surface area contributed by atoms with E-state index >= 15 is 0 Å². The van der Waals surface area contributed by atoms with Crippen LogP contribution < -0.4 is 16.3 Å². The van der Waals surface area contributed by atoms with Gasteiger partial charge in [0.05, 0.1) is 27.1 Å². The molecule has 0 aliphatic heterocycles. The van der Waals surface area contributed by atoms with Crippen LogP contribution in [0, 0.1) is 0 Å². The summed E-state index contributed by atoms with van der Waals surface area (Å²) in [5.41, 5.74) is 2.55. The number of aromatic amines is 2. The number of nitrogens with one attached hydrogen (secondary N) is 4. The van der Waals surface area contributed by atoms with E-state index in [-0.39, 0.29) is 17.8 Å². The largest absolute Gasteiger partial charge is 0.331 e. The van der Waals surface area contributed by atoms with Gasteiger partial charge in [-0.1, -0.05) is 29.3 Å². The predicted octanol–water partition coefficient (Wildman–Crippen LogP) is 4.05. The second-order valence-corrected chi connectivity index (χ2v) is 6.15. The summed E-state index contributed by atoms with van der Waals surface area (Å²) in [7, 11) is 0. The number of carbonyl (C=O) groups excluding carboxylic acids is 1. The van der Waals surface area contributed by atoms with Gasteiger partial charge in [-0.3, -0.25) is 0 Å². The predicted molar refractivity (Wildman–Crippen MR) is 96.0 cm³/mol. The number of aromatic nitrogens is 2. The minimum absolute atomic E-state index is 0.254. The first-order valence-electron chi connectivity index (χ1n) is 7.17. The Balaban J connectivity index is 1.70. The SMILES string of the molecule is CC(NC(=O)Nc1ccc(Cl)c(Cl)c1)c1ccc2[nH]c(=O)[nH]c2c1. The van der Waals surface area contributed by atoms with Crippen molar-refractivity contribution in [1.29, 1.82) is 0 Å². The zero-order valence-corrected chi connectivity index (χ0v) is 14.1. The lowest BCUT2D eigenvalue weighted by Crippen LogP contribution is -2.31. The molecule has 0 bridgehead atoms. The minimum Gasteiger partial charge on any atom is -0.331 e. The van der Waals surface area contributed by atoms with Crippen LogP contribution in [0.2, 0.25) is 10.0 Å². The van der Waals surface area contributed by atoms with Gasteiger partial charge >= 0.3 is 11.7 Å². The first-order chi connectivity index (χ1) is 11.4. The molecule has 0 radical (unpaired) electrons. The number of halogens is 2. The number of carbonyl (C=O) groups is 1. The molecule has 0 spiro atoms. The van der Waals surface area contributed by atoms with Gasteiger partial charge in [0.25, 0.3) is 0 Å². The van der Waals surface area contributed by atoms with Gasteiger partial charge in [0.1, 0.15) is 0 Å². The lowest BCUT2D eigenvalue weighted by molar-refractivity contribution is 0.249. The number of fused-ring (bicyclic) bond motifs is 1. The van der Waals surface area contributed by atoms with Gasteiger partial charge in [-0.2, -0.15) is 0 Å². The minimum atomic E-state index is -0.372. The maximum absolute atomic E-state index is 12.1. The first kappa shape index (κ1) is 16.4. The molecule has 3 rings (SSSR count). The van der Waals surface area contributed by atoms with E-state index in [1.54, 1.807) is 24.3 Å². The second kappa shape index (κ2) is 6.59. The molecule has 1 aromatic heterocycles. The summed E-state index contributed by atoms with van der Waals surface area (Å²) < 4.78 is 0. The number of amides is 2. The lowest BCUT2D eigenvalue weighted by atomic mass is 10.1. The summed E-state index contributed by atoms with van der Waals surface area (Å²) in [5, 5.41) is 6.30. The van der Waals surface area contributed by atoms with Gasteiger partial charge < -0.3 is 20.6 Å². The van der Waals surface area contributed by atoms with Crippen molar-refractivity contribution in [2.75, 3.05) is 5.32 Å². The molecule has 24 heavy (non-hydrogen) atoms. The Morgan fingerprint density at radius 2 is 1.79 bits per heavy atom. The summed E-state index contributed by atoms with van der Waals surface area (Å²) in [6.07, 6.45) is 0. The molecule has 0 aliphatic carbocycles. The van der Waals surface area contributed by atoms with Crippen molar-refractivity contribution in [3.63, 3.8) is 0 Å². The van der Waals surface area contributed by atoms with Crippen molar-refractivity contribution in [3.05, 3.63) is 62.5 Å². The van der Waals surface area contributed by atoms with Crippen LogP contribution in [-0.2, 0) is 0 Å². The molecule has 8 heteroatoms. The van der Waals surface area contributed by atoms with Crippen molar-refractivity contribution in [2.45, 2.75) is 13.0 Å². The quantitative estimate of drug-likeness (QED) is 0.564. The number of benzene rings is 2. The molecule has 3 aromatic rings. The molecule has 6 nitrogen and oxygen atoms in total. The van der Waals surface area contributed by atoms with Crippen molar-refractivity contribution in [3.8, 4) is 0 Å². The van der Waals surface area contributed by atoms with Crippen LogP contribution in [0.25, 0.3) is 11.0 Å². The van der Waals surface area contributed by atoms with Gasteiger partial charge in [0.2, 0.25) is 0 Å². The molecule has 1 atom stereocenters. The number of rotatable bonds is 3. The lowest BCUT2D eigenvalue weighted by Gasteiger charge is -2.15. The Labute approximate surface area is 147 Å². The van der Waals surface area contributed by atoms with Crippen LogP contribution in [0.15, 0.2) is 41.2 Å². The zero-order valence-electron chi connectivity index (χ0n) is 12.6. The third kappa shape index (κ3) is 3.55. The van der Waals surface area contributed by atoms with Gasteiger partial charge in [-0.05, 0) is 42.8 Å². The topological polar surface area (TPSA) is 89.8 Å². The number of imidazole rings is 1. The van der Waals surface area contributed by atoms with E-state index in [2.05, 4.69) is 20.6 Å². The molecule has 2 amide bonds. The van der Waals surface area contributed by atoms with E-state index in [1.807, 2.05) is 19.1 Å². The third-order valence-corrected chi connectivity index (χ3v) is 4.30. The molecule has 4 N–H and O–H groups in total. The van der Waals surface area contributed by atoms with Gasteiger partial charge in [0, 0.05) is 5.69 Å². The Morgan fingerprint density at radius 1 is 1.04 bits per heavy atom. The van der Waals surface area contributed by atoms with E-state index in [1.165, 1.54) is 0 Å². The Bertz CT molecular complexity index is 964. The maximum Gasteiger partial charge on any atom is 0.323 e. The standard InChI is InChI=1S/C16H14Cl2N4O2/c1-8(9-2-5-13-14(6-9)22-16(24)21-13)19-15(23)20-10-3-4-11(17)12(18)7-10/h2-8H,1H3,(H2,19,20,23)(H2,21,22,24). The molecule has 124 valence electrons. The average molecular weight is 365 g/mol. The fourth-order valence-electron chi connectivity index (χ4n) is 2.34. The smallest absolute Gasteiger partial charge is 0.323 e. The van der Waals surface area contributed by atoms with Crippen LogP contribution >= 0.6 is 23.2 Å². The van der Waals surface area contributed by atoms with Crippen molar-refractivity contribution < 1.29 is 4.79 Å². The Morgan fingerprint density at radius 3 is 2.54 bits per heavy atom. The maximum atomic E-state index is 12.1. The first-order valence-corrected chi connectivity index (χ1v) is 7.92. The molecule has 0 saturated carbocycles.